The first kappa shape index (κ1) is 19.9. The molecule has 0 aliphatic rings. The molecule has 142 valence electrons. The molecule has 0 unspecified atom stereocenters. The van der Waals surface area contributed by atoms with Gasteiger partial charge in [0.15, 0.2) is 6.61 Å². The minimum Gasteiger partial charge on any atom is -0.495 e. The van der Waals surface area contributed by atoms with Crippen LogP contribution in [0.25, 0.3) is 0 Å². The van der Waals surface area contributed by atoms with Gasteiger partial charge < -0.3 is 20.1 Å². The second-order valence-electron chi connectivity index (χ2n) is 5.46. The Morgan fingerprint density at radius 1 is 0.926 bits per heavy atom. The van der Waals surface area contributed by atoms with Crippen LogP contribution in [0.1, 0.15) is 12.8 Å². The molecule has 0 fully saturated rings. The number of hydrogen-bond acceptors (Lipinski definition) is 5. The quantitative estimate of drug-likeness (QED) is 0.693. The van der Waals surface area contributed by atoms with E-state index in [0.29, 0.717) is 17.1 Å². The Bertz CT molecular complexity index is 808. The number of ether oxygens (including phenoxy) is 2. The number of para-hydroxylation sites is 2. The molecule has 2 aromatic carbocycles. The molecule has 0 bridgehead atoms. The Kier molecular flexibility index (Phi) is 7.30. The van der Waals surface area contributed by atoms with Crippen LogP contribution >= 0.6 is 0 Å². The van der Waals surface area contributed by atoms with Gasteiger partial charge in [-0.05, 0) is 36.4 Å². The number of carbonyl (C=O) groups is 3. The maximum absolute atomic E-state index is 12.8. The maximum Gasteiger partial charge on any atom is 0.306 e. The SMILES string of the molecule is COc1ccccc1NC(=O)COC(=O)CCC(=O)Nc1ccc(F)cc1. The molecule has 0 saturated heterocycles. The van der Waals surface area contributed by atoms with E-state index in [0.717, 1.165) is 0 Å². The summed E-state index contributed by atoms with van der Waals surface area (Å²) in [6.07, 6.45) is -0.306. The first-order valence-electron chi connectivity index (χ1n) is 8.12. The summed E-state index contributed by atoms with van der Waals surface area (Å²) >= 11 is 0. The standard InChI is InChI=1S/C19H19FN2O5/c1-26-16-5-3-2-4-15(16)22-18(24)12-27-19(25)11-10-17(23)21-14-8-6-13(20)7-9-14/h2-9H,10-12H2,1H3,(H,21,23)(H,22,24). The van der Waals surface area contributed by atoms with Crippen LogP contribution in [0, 0.1) is 5.82 Å². The number of rotatable bonds is 8. The van der Waals surface area contributed by atoms with Crippen LogP contribution in [0.2, 0.25) is 0 Å². The van der Waals surface area contributed by atoms with Crippen molar-refractivity contribution in [2.24, 2.45) is 0 Å². The van der Waals surface area contributed by atoms with Gasteiger partial charge in [0.05, 0.1) is 19.2 Å². The van der Waals surface area contributed by atoms with E-state index >= 15 is 0 Å². The van der Waals surface area contributed by atoms with Crippen molar-refractivity contribution in [3.63, 3.8) is 0 Å². The van der Waals surface area contributed by atoms with Gasteiger partial charge in [0.1, 0.15) is 11.6 Å². The average molecular weight is 374 g/mol. The second-order valence-corrected chi connectivity index (χ2v) is 5.46. The van der Waals surface area contributed by atoms with Gasteiger partial charge in [0, 0.05) is 12.1 Å². The topological polar surface area (TPSA) is 93.7 Å². The number of methoxy groups -OCH3 is 1. The molecule has 0 saturated carbocycles. The molecule has 7 nitrogen and oxygen atoms in total. The van der Waals surface area contributed by atoms with E-state index in [1.807, 2.05) is 0 Å². The number of anilines is 2. The van der Waals surface area contributed by atoms with E-state index in [-0.39, 0.29) is 12.8 Å². The highest BCUT2D eigenvalue weighted by atomic mass is 19.1. The molecule has 8 heteroatoms. The molecule has 0 aromatic heterocycles. The number of nitrogens with one attached hydrogen (secondary N) is 2. The number of hydrogen-bond donors (Lipinski definition) is 2. The highest BCUT2D eigenvalue weighted by Crippen LogP contribution is 2.22. The predicted octanol–water partition coefficient (Wildman–Crippen LogP) is 2.73. The van der Waals surface area contributed by atoms with E-state index in [1.54, 1.807) is 24.3 Å². The molecule has 0 spiro atoms. The molecular formula is C19H19FN2O5. The normalized spacial score (nSPS) is 10.0. The fourth-order valence-corrected chi connectivity index (χ4v) is 2.12. The second kappa shape index (κ2) is 9.91. The van der Waals surface area contributed by atoms with Gasteiger partial charge in [-0.3, -0.25) is 14.4 Å². The van der Waals surface area contributed by atoms with E-state index in [2.05, 4.69) is 10.6 Å². The van der Waals surface area contributed by atoms with Crippen molar-refractivity contribution < 1.29 is 28.2 Å². The van der Waals surface area contributed by atoms with Gasteiger partial charge in [-0.2, -0.15) is 0 Å². The molecule has 2 N–H and O–H groups in total. The average Bonchev–Trinajstić information content (AvgIpc) is 2.67. The van der Waals surface area contributed by atoms with Gasteiger partial charge in [0.25, 0.3) is 5.91 Å². The van der Waals surface area contributed by atoms with Crippen molar-refractivity contribution in [3.8, 4) is 5.75 Å². The van der Waals surface area contributed by atoms with Crippen molar-refractivity contribution in [1.29, 1.82) is 0 Å². The van der Waals surface area contributed by atoms with Crippen LogP contribution in [-0.2, 0) is 19.1 Å². The summed E-state index contributed by atoms with van der Waals surface area (Å²) in [5.74, 6) is -1.56. The van der Waals surface area contributed by atoms with Gasteiger partial charge in [-0.25, -0.2) is 4.39 Å². The first-order valence-corrected chi connectivity index (χ1v) is 8.12. The summed E-state index contributed by atoms with van der Waals surface area (Å²) in [5.41, 5.74) is 0.880. The monoisotopic (exact) mass is 374 g/mol. The van der Waals surface area contributed by atoms with Crippen molar-refractivity contribution >= 4 is 29.2 Å². The Morgan fingerprint density at radius 3 is 2.33 bits per heavy atom. The predicted molar refractivity (Wildman–Crippen MR) is 96.8 cm³/mol. The molecule has 0 aliphatic carbocycles. The minimum atomic E-state index is -0.681. The van der Waals surface area contributed by atoms with Crippen molar-refractivity contribution in [2.75, 3.05) is 24.4 Å². The highest BCUT2D eigenvalue weighted by Gasteiger charge is 2.12. The van der Waals surface area contributed by atoms with Crippen LogP contribution in [0.5, 0.6) is 5.75 Å². The summed E-state index contributed by atoms with van der Waals surface area (Å²) < 4.78 is 22.7. The Balaban J connectivity index is 1.70. The summed E-state index contributed by atoms with van der Waals surface area (Å²) in [4.78, 5) is 35.3. The van der Waals surface area contributed by atoms with Crippen LogP contribution in [-0.4, -0.2) is 31.5 Å². The fourth-order valence-electron chi connectivity index (χ4n) is 2.12. The molecule has 2 aromatic rings. The summed E-state index contributed by atoms with van der Waals surface area (Å²) in [6.45, 7) is -0.476. The molecule has 0 aliphatic heterocycles. The lowest BCUT2D eigenvalue weighted by atomic mass is 10.2. The third kappa shape index (κ3) is 6.77. The van der Waals surface area contributed by atoms with Crippen LogP contribution in [0.15, 0.2) is 48.5 Å². The van der Waals surface area contributed by atoms with Crippen LogP contribution in [0.4, 0.5) is 15.8 Å². The van der Waals surface area contributed by atoms with E-state index in [9.17, 15) is 18.8 Å². The molecule has 0 heterocycles. The summed E-state index contributed by atoms with van der Waals surface area (Å²) in [5, 5.41) is 5.10. The highest BCUT2D eigenvalue weighted by molar-refractivity contribution is 5.95. The zero-order valence-electron chi connectivity index (χ0n) is 14.7. The first-order chi connectivity index (χ1) is 13.0. The number of benzene rings is 2. The van der Waals surface area contributed by atoms with E-state index in [1.165, 1.54) is 31.4 Å². The van der Waals surface area contributed by atoms with Crippen LogP contribution in [0.3, 0.4) is 0 Å². The third-order valence-corrected chi connectivity index (χ3v) is 3.43. The Hall–Kier alpha value is -3.42. The third-order valence-electron chi connectivity index (χ3n) is 3.43. The van der Waals surface area contributed by atoms with Crippen molar-refractivity contribution in [1.82, 2.24) is 0 Å². The molecule has 27 heavy (non-hydrogen) atoms. The largest absolute Gasteiger partial charge is 0.495 e. The number of amides is 2. The van der Waals surface area contributed by atoms with E-state index < -0.39 is 30.2 Å². The van der Waals surface area contributed by atoms with Gasteiger partial charge in [-0.1, -0.05) is 12.1 Å². The zero-order chi connectivity index (χ0) is 19.6. The molecule has 0 radical (unpaired) electrons. The van der Waals surface area contributed by atoms with Gasteiger partial charge >= 0.3 is 5.97 Å². The molecule has 0 atom stereocenters. The zero-order valence-corrected chi connectivity index (χ0v) is 14.7. The molecule has 2 rings (SSSR count). The fraction of sp³-hybridized carbons (Fsp3) is 0.211. The maximum atomic E-state index is 12.8. The number of esters is 1. The lowest BCUT2D eigenvalue weighted by Gasteiger charge is -2.10. The van der Waals surface area contributed by atoms with Crippen molar-refractivity contribution in [3.05, 3.63) is 54.3 Å². The number of halogens is 1. The number of carbonyl (C=O) groups excluding carboxylic acids is 3. The Labute approximate surface area is 155 Å². The van der Waals surface area contributed by atoms with Crippen LogP contribution < -0.4 is 15.4 Å². The van der Waals surface area contributed by atoms with Gasteiger partial charge in [-0.15, -0.1) is 0 Å². The van der Waals surface area contributed by atoms with E-state index in [4.69, 9.17) is 9.47 Å². The molecule has 2 amide bonds. The summed E-state index contributed by atoms with van der Waals surface area (Å²) in [6, 6.07) is 12.1. The minimum absolute atomic E-state index is 0.121. The lowest BCUT2D eigenvalue weighted by Crippen LogP contribution is -2.22. The van der Waals surface area contributed by atoms with Crippen molar-refractivity contribution in [2.45, 2.75) is 12.8 Å². The Morgan fingerprint density at radius 2 is 1.63 bits per heavy atom. The summed E-state index contributed by atoms with van der Waals surface area (Å²) in [7, 11) is 1.47. The molecular weight excluding hydrogens is 355 g/mol. The lowest BCUT2D eigenvalue weighted by molar-refractivity contribution is -0.147. The smallest absolute Gasteiger partial charge is 0.306 e. The van der Waals surface area contributed by atoms with Gasteiger partial charge in [0.2, 0.25) is 5.91 Å².